The molecule has 0 aliphatic heterocycles. The minimum atomic E-state index is -0.513. The molecule has 0 radical (unpaired) electrons. The lowest BCUT2D eigenvalue weighted by Crippen LogP contribution is -2.05. The number of hydrogen-bond acceptors (Lipinski definition) is 4. The Balaban J connectivity index is 2.64. The molecule has 0 unspecified atom stereocenters. The number of nitrogen functional groups attached to an aromatic ring is 1. The molecule has 0 aliphatic rings. The molecule has 0 amide bonds. The van der Waals surface area contributed by atoms with Gasteiger partial charge in [0, 0.05) is 18.2 Å². The number of aromatic nitrogens is 2. The number of anilines is 1. The summed E-state index contributed by atoms with van der Waals surface area (Å²) in [7, 11) is 2.94. The lowest BCUT2D eigenvalue weighted by Gasteiger charge is -2.08. The standard InChI is InChI=1S/C13H14FN3O2/c1-7-4-11(14)9(5-8(7)13(18)19-3)10-6-16-17(2)12(10)15/h4-6H,15H2,1-3H3. The maximum atomic E-state index is 14.0. The Morgan fingerprint density at radius 1 is 1.42 bits per heavy atom. The van der Waals surface area contributed by atoms with E-state index in [1.807, 2.05) is 0 Å². The summed E-state index contributed by atoms with van der Waals surface area (Å²) in [6, 6.07) is 2.72. The number of aryl methyl sites for hydroxylation is 2. The van der Waals surface area contributed by atoms with Gasteiger partial charge in [-0.05, 0) is 24.6 Å². The molecule has 0 spiro atoms. The van der Waals surface area contributed by atoms with Crippen molar-refractivity contribution in [2.24, 2.45) is 7.05 Å². The predicted octanol–water partition coefficient (Wildman–Crippen LogP) is 1.90. The Labute approximate surface area is 109 Å². The summed E-state index contributed by atoms with van der Waals surface area (Å²) < 4.78 is 20.1. The number of nitrogens with zero attached hydrogens (tertiary/aromatic N) is 2. The minimum Gasteiger partial charge on any atom is -0.465 e. The zero-order valence-corrected chi connectivity index (χ0v) is 10.9. The zero-order valence-electron chi connectivity index (χ0n) is 10.9. The van der Waals surface area contributed by atoms with Gasteiger partial charge >= 0.3 is 5.97 Å². The van der Waals surface area contributed by atoms with Crippen LogP contribution in [0.2, 0.25) is 0 Å². The molecule has 6 heteroatoms. The van der Waals surface area contributed by atoms with Crippen molar-refractivity contribution in [1.82, 2.24) is 9.78 Å². The van der Waals surface area contributed by atoms with E-state index in [9.17, 15) is 9.18 Å². The first-order chi connectivity index (χ1) is 8.95. The quantitative estimate of drug-likeness (QED) is 0.840. The van der Waals surface area contributed by atoms with Gasteiger partial charge in [-0.15, -0.1) is 0 Å². The molecule has 1 heterocycles. The number of ether oxygens (including phenoxy) is 1. The highest BCUT2D eigenvalue weighted by molar-refractivity contribution is 5.93. The number of carbonyl (C=O) groups excluding carboxylic acids is 1. The summed E-state index contributed by atoms with van der Waals surface area (Å²) in [4.78, 5) is 11.6. The van der Waals surface area contributed by atoms with Crippen molar-refractivity contribution in [3.63, 3.8) is 0 Å². The molecule has 19 heavy (non-hydrogen) atoms. The first-order valence-electron chi connectivity index (χ1n) is 5.62. The van der Waals surface area contributed by atoms with Crippen LogP contribution in [0.3, 0.4) is 0 Å². The van der Waals surface area contributed by atoms with Crippen LogP contribution < -0.4 is 5.73 Å². The van der Waals surface area contributed by atoms with E-state index in [-0.39, 0.29) is 5.56 Å². The molecule has 5 nitrogen and oxygen atoms in total. The fourth-order valence-electron chi connectivity index (χ4n) is 1.86. The summed E-state index contributed by atoms with van der Waals surface area (Å²) >= 11 is 0. The van der Waals surface area contributed by atoms with Crippen LogP contribution in [0, 0.1) is 12.7 Å². The molecule has 1 aromatic heterocycles. The topological polar surface area (TPSA) is 70.1 Å². The molecule has 2 rings (SSSR count). The van der Waals surface area contributed by atoms with Gasteiger partial charge in [-0.3, -0.25) is 4.68 Å². The Bertz CT molecular complexity index is 650. The third-order valence-corrected chi connectivity index (χ3v) is 2.99. The van der Waals surface area contributed by atoms with Crippen molar-refractivity contribution >= 4 is 11.8 Å². The number of nitrogens with two attached hydrogens (primary N) is 1. The number of methoxy groups -OCH3 is 1. The van der Waals surface area contributed by atoms with Crippen molar-refractivity contribution in [2.45, 2.75) is 6.92 Å². The number of benzene rings is 1. The highest BCUT2D eigenvalue weighted by Crippen LogP contribution is 2.30. The molecule has 0 aliphatic carbocycles. The average molecular weight is 263 g/mol. The van der Waals surface area contributed by atoms with Crippen LogP contribution in [-0.2, 0) is 11.8 Å². The number of rotatable bonds is 2. The van der Waals surface area contributed by atoms with E-state index in [1.165, 1.54) is 30.1 Å². The predicted molar refractivity (Wildman–Crippen MR) is 69.1 cm³/mol. The van der Waals surface area contributed by atoms with Crippen LogP contribution in [0.25, 0.3) is 11.1 Å². The molecule has 0 bridgehead atoms. The Hall–Kier alpha value is -2.37. The van der Waals surface area contributed by atoms with E-state index in [0.29, 0.717) is 22.5 Å². The van der Waals surface area contributed by atoms with Crippen molar-refractivity contribution in [1.29, 1.82) is 0 Å². The summed E-state index contributed by atoms with van der Waals surface area (Å²) in [6.07, 6.45) is 1.46. The SMILES string of the molecule is COC(=O)c1cc(-c2cnn(C)c2N)c(F)cc1C. The second-order valence-electron chi connectivity index (χ2n) is 4.21. The van der Waals surface area contributed by atoms with Crippen LogP contribution in [-0.4, -0.2) is 22.9 Å². The van der Waals surface area contributed by atoms with Crippen LogP contribution in [0.1, 0.15) is 15.9 Å². The van der Waals surface area contributed by atoms with Crippen molar-refractivity contribution in [2.75, 3.05) is 12.8 Å². The molecular formula is C13H14FN3O2. The van der Waals surface area contributed by atoms with E-state index in [1.54, 1.807) is 14.0 Å². The van der Waals surface area contributed by atoms with Gasteiger partial charge in [-0.1, -0.05) is 0 Å². The van der Waals surface area contributed by atoms with Gasteiger partial charge in [-0.25, -0.2) is 9.18 Å². The fourth-order valence-corrected chi connectivity index (χ4v) is 1.86. The van der Waals surface area contributed by atoms with Gasteiger partial charge in [0.15, 0.2) is 0 Å². The van der Waals surface area contributed by atoms with Gasteiger partial charge < -0.3 is 10.5 Å². The second kappa shape index (κ2) is 4.72. The van der Waals surface area contributed by atoms with Crippen LogP contribution in [0.4, 0.5) is 10.2 Å². The minimum absolute atomic E-state index is 0.233. The zero-order chi connectivity index (χ0) is 14.2. The number of carbonyl (C=O) groups is 1. The van der Waals surface area contributed by atoms with E-state index in [4.69, 9.17) is 5.73 Å². The molecule has 1 aromatic carbocycles. The molecule has 0 saturated carbocycles. The monoisotopic (exact) mass is 263 g/mol. The van der Waals surface area contributed by atoms with E-state index in [2.05, 4.69) is 9.84 Å². The third kappa shape index (κ3) is 2.16. The largest absolute Gasteiger partial charge is 0.465 e. The highest BCUT2D eigenvalue weighted by Gasteiger charge is 2.17. The molecule has 100 valence electrons. The first-order valence-corrected chi connectivity index (χ1v) is 5.62. The molecular weight excluding hydrogens is 249 g/mol. The molecule has 0 fully saturated rings. The molecule has 2 aromatic rings. The molecule has 0 atom stereocenters. The Morgan fingerprint density at radius 3 is 2.63 bits per heavy atom. The van der Waals surface area contributed by atoms with Crippen molar-refractivity contribution in [3.8, 4) is 11.1 Å². The Morgan fingerprint density at radius 2 is 2.11 bits per heavy atom. The van der Waals surface area contributed by atoms with Gasteiger partial charge in [-0.2, -0.15) is 5.10 Å². The van der Waals surface area contributed by atoms with Crippen LogP contribution >= 0.6 is 0 Å². The normalized spacial score (nSPS) is 10.5. The summed E-state index contributed by atoms with van der Waals surface area (Å²) in [6.45, 7) is 1.64. The summed E-state index contributed by atoms with van der Waals surface area (Å²) in [5, 5.41) is 3.96. The van der Waals surface area contributed by atoms with Crippen LogP contribution in [0.5, 0.6) is 0 Å². The number of hydrogen-bond donors (Lipinski definition) is 1. The van der Waals surface area contributed by atoms with E-state index >= 15 is 0 Å². The number of halogens is 1. The third-order valence-electron chi connectivity index (χ3n) is 2.99. The van der Waals surface area contributed by atoms with Gasteiger partial charge in [0.2, 0.25) is 0 Å². The van der Waals surface area contributed by atoms with Gasteiger partial charge in [0.05, 0.1) is 18.9 Å². The Kier molecular flexibility index (Phi) is 3.25. The summed E-state index contributed by atoms with van der Waals surface area (Å²) in [5.74, 6) is -0.635. The van der Waals surface area contributed by atoms with E-state index in [0.717, 1.165) is 0 Å². The maximum absolute atomic E-state index is 14.0. The fraction of sp³-hybridized carbons (Fsp3) is 0.231. The number of esters is 1. The highest BCUT2D eigenvalue weighted by atomic mass is 19.1. The van der Waals surface area contributed by atoms with Crippen molar-refractivity contribution in [3.05, 3.63) is 35.3 Å². The lowest BCUT2D eigenvalue weighted by molar-refractivity contribution is 0.0600. The first kappa shape index (κ1) is 13.1. The van der Waals surface area contributed by atoms with Gasteiger partial charge in [0.1, 0.15) is 11.6 Å². The van der Waals surface area contributed by atoms with Crippen LogP contribution in [0.15, 0.2) is 18.3 Å². The summed E-state index contributed by atoms with van der Waals surface area (Å²) in [5.41, 5.74) is 7.32. The average Bonchev–Trinajstić information content (AvgIpc) is 2.70. The van der Waals surface area contributed by atoms with E-state index < -0.39 is 11.8 Å². The lowest BCUT2D eigenvalue weighted by atomic mass is 10.0. The van der Waals surface area contributed by atoms with Gasteiger partial charge in [0.25, 0.3) is 0 Å². The molecule has 0 saturated heterocycles. The van der Waals surface area contributed by atoms with Crippen molar-refractivity contribution < 1.29 is 13.9 Å². The smallest absolute Gasteiger partial charge is 0.338 e. The maximum Gasteiger partial charge on any atom is 0.338 e. The molecule has 2 N–H and O–H groups in total. The second-order valence-corrected chi connectivity index (χ2v) is 4.21.